The molecule has 1 aliphatic rings. The van der Waals surface area contributed by atoms with Gasteiger partial charge >= 0.3 is 5.97 Å². The SMILES string of the molecule is CC(C)[C@@H]1CCC[C@]1(N)C(=O)O. The lowest BCUT2D eigenvalue weighted by Crippen LogP contribution is -2.52. The van der Waals surface area contributed by atoms with Crippen molar-refractivity contribution >= 4 is 5.97 Å². The van der Waals surface area contributed by atoms with Crippen molar-refractivity contribution in [3.63, 3.8) is 0 Å². The van der Waals surface area contributed by atoms with Crippen LogP contribution in [0.1, 0.15) is 33.1 Å². The summed E-state index contributed by atoms with van der Waals surface area (Å²) >= 11 is 0. The van der Waals surface area contributed by atoms with Gasteiger partial charge in [0.15, 0.2) is 0 Å². The summed E-state index contributed by atoms with van der Waals surface area (Å²) in [4.78, 5) is 10.9. The lowest BCUT2D eigenvalue weighted by molar-refractivity contribution is -0.145. The van der Waals surface area contributed by atoms with Gasteiger partial charge < -0.3 is 10.8 Å². The van der Waals surface area contributed by atoms with Crippen LogP contribution in [-0.4, -0.2) is 16.6 Å². The summed E-state index contributed by atoms with van der Waals surface area (Å²) in [7, 11) is 0. The number of nitrogens with two attached hydrogens (primary N) is 1. The van der Waals surface area contributed by atoms with E-state index >= 15 is 0 Å². The van der Waals surface area contributed by atoms with Gasteiger partial charge in [0.05, 0.1) is 0 Å². The molecule has 3 heteroatoms. The number of hydrogen-bond donors (Lipinski definition) is 2. The second-order valence-electron chi connectivity index (χ2n) is 4.09. The smallest absolute Gasteiger partial charge is 0.323 e. The molecule has 12 heavy (non-hydrogen) atoms. The van der Waals surface area contributed by atoms with Crippen molar-refractivity contribution in [1.29, 1.82) is 0 Å². The van der Waals surface area contributed by atoms with Gasteiger partial charge in [-0.15, -0.1) is 0 Å². The predicted molar refractivity (Wildman–Crippen MR) is 46.7 cm³/mol. The van der Waals surface area contributed by atoms with Gasteiger partial charge in [0.1, 0.15) is 5.54 Å². The van der Waals surface area contributed by atoms with Gasteiger partial charge in [0, 0.05) is 0 Å². The van der Waals surface area contributed by atoms with Crippen LogP contribution in [0.15, 0.2) is 0 Å². The van der Waals surface area contributed by atoms with E-state index in [0.29, 0.717) is 12.3 Å². The molecule has 1 fully saturated rings. The molecular weight excluding hydrogens is 154 g/mol. The third-order valence-corrected chi connectivity index (χ3v) is 2.97. The zero-order valence-electron chi connectivity index (χ0n) is 7.71. The second-order valence-corrected chi connectivity index (χ2v) is 4.09. The number of carbonyl (C=O) groups is 1. The molecule has 0 saturated heterocycles. The first-order chi connectivity index (χ1) is 5.48. The van der Waals surface area contributed by atoms with E-state index in [0.717, 1.165) is 12.8 Å². The van der Waals surface area contributed by atoms with Gasteiger partial charge in [0.2, 0.25) is 0 Å². The van der Waals surface area contributed by atoms with Crippen LogP contribution in [0.2, 0.25) is 0 Å². The van der Waals surface area contributed by atoms with Crippen LogP contribution in [0.4, 0.5) is 0 Å². The summed E-state index contributed by atoms with van der Waals surface area (Å²) < 4.78 is 0. The Hall–Kier alpha value is -0.570. The Morgan fingerprint density at radius 3 is 2.58 bits per heavy atom. The Balaban J connectivity index is 2.81. The fourth-order valence-corrected chi connectivity index (χ4v) is 2.25. The Morgan fingerprint density at radius 1 is 1.67 bits per heavy atom. The highest BCUT2D eigenvalue weighted by Crippen LogP contribution is 2.38. The van der Waals surface area contributed by atoms with E-state index < -0.39 is 11.5 Å². The van der Waals surface area contributed by atoms with Gasteiger partial charge in [-0.3, -0.25) is 4.79 Å². The molecule has 3 N–H and O–H groups in total. The summed E-state index contributed by atoms with van der Waals surface area (Å²) in [5.41, 5.74) is 4.90. The molecule has 0 heterocycles. The van der Waals surface area contributed by atoms with Crippen molar-refractivity contribution in [2.24, 2.45) is 17.6 Å². The highest BCUT2D eigenvalue weighted by atomic mass is 16.4. The molecule has 1 rings (SSSR count). The maximum atomic E-state index is 10.9. The average molecular weight is 171 g/mol. The molecule has 0 aliphatic heterocycles. The van der Waals surface area contributed by atoms with E-state index in [1.807, 2.05) is 13.8 Å². The molecule has 0 bridgehead atoms. The zero-order chi connectivity index (χ0) is 9.35. The number of rotatable bonds is 2. The summed E-state index contributed by atoms with van der Waals surface area (Å²) in [6.45, 7) is 4.08. The van der Waals surface area contributed by atoms with Crippen LogP contribution in [0, 0.1) is 11.8 Å². The first-order valence-electron chi connectivity index (χ1n) is 4.50. The molecule has 0 spiro atoms. The fourth-order valence-electron chi connectivity index (χ4n) is 2.25. The lowest BCUT2D eigenvalue weighted by Gasteiger charge is -2.29. The van der Waals surface area contributed by atoms with Crippen molar-refractivity contribution in [2.45, 2.75) is 38.6 Å². The minimum atomic E-state index is -0.950. The van der Waals surface area contributed by atoms with Crippen LogP contribution in [0.25, 0.3) is 0 Å². The molecule has 1 saturated carbocycles. The van der Waals surface area contributed by atoms with Crippen LogP contribution in [0.5, 0.6) is 0 Å². The molecule has 0 unspecified atom stereocenters. The van der Waals surface area contributed by atoms with Crippen LogP contribution < -0.4 is 5.73 Å². The third-order valence-electron chi connectivity index (χ3n) is 2.97. The van der Waals surface area contributed by atoms with Crippen molar-refractivity contribution in [1.82, 2.24) is 0 Å². The summed E-state index contributed by atoms with van der Waals surface area (Å²) in [6.07, 6.45) is 2.54. The first-order valence-corrected chi connectivity index (χ1v) is 4.50. The Bertz CT molecular complexity index is 191. The molecule has 0 aromatic carbocycles. The Labute approximate surface area is 72.9 Å². The molecule has 70 valence electrons. The minimum Gasteiger partial charge on any atom is -0.480 e. The summed E-state index contributed by atoms with van der Waals surface area (Å²) in [5, 5.41) is 8.97. The monoisotopic (exact) mass is 171 g/mol. The van der Waals surface area contributed by atoms with E-state index in [1.165, 1.54) is 0 Å². The van der Waals surface area contributed by atoms with Gasteiger partial charge in [0.25, 0.3) is 0 Å². The van der Waals surface area contributed by atoms with E-state index in [4.69, 9.17) is 10.8 Å². The van der Waals surface area contributed by atoms with E-state index in [2.05, 4.69) is 0 Å². The highest BCUT2D eigenvalue weighted by Gasteiger charge is 2.46. The number of carboxylic acid groups (broad SMARTS) is 1. The Kier molecular flexibility index (Phi) is 2.42. The fraction of sp³-hybridized carbons (Fsp3) is 0.889. The molecule has 0 aromatic rings. The van der Waals surface area contributed by atoms with Gasteiger partial charge in [-0.25, -0.2) is 0 Å². The van der Waals surface area contributed by atoms with Gasteiger partial charge in [-0.1, -0.05) is 20.3 Å². The maximum Gasteiger partial charge on any atom is 0.323 e. The molecule has 0 aromatic heterocycles. The number of aliphatic carboxylic acids is 1. The average Bonchev–Trinajstić information content (AvgIpc) is 2.32. The molecule has 1 aliphatic carbocycles. The standard InChI is InChI=1S/C9H17NO2/c1-6(2)7-4-3-5-9(7,10)8(11)12/h6-7H,3-5,10H2,1-2H3,(H,11,12)/t7-,9+/m0/s1. The van der Waals surface area contributed by atoms with Gasteiger partial charge in [-0.2, -0.15) is 0 Å². The summed E-state index contributed by atoms with van der Waals surface area (Å²) in [5.74, 6) is -0.317. The van der Waals surface area contributed by atoms with Crippen molar-refractivity contribution in [3.05, 3.63) is 0 Å². The van der Waals surface area contributed by atoms with Gasteiger partial charge in [-0.05, 0) is 24.7 Å². The van der Waals surface area contributed by atoms with Crippen LogP contribution in [0.3, 0.4) is 0 Å². The molecule has 2 atom stereocenters. The van der Waals surface area contributed by atoms with E-state index in [-0.39, 0.29) is 5.92 Å². The molecule has 0 amide bonds. The second kappa shape index (κ2) is 3.05. The predicted octanol–water partition coefficient (Wildman–Crippen LogP) is 1.22. The molecule has 3 nitrogen and oxygen atoms in total. The third kappa shape index (κ3) is 1.33. The quantitative estimate of drug-likeness (QED) is 0.656. The largest absolute Gasteiger partial charge is 0.480 e. The zero-order valence-corrected chi connectivity index (χ0v) is 7.71. The minimum absolute atomic E-state index is 0.148. The molecular formula is C9H17NO2. The van der Waals surface area contributed by atoms with Crippen molar-refractivity contribution in [2.75, 3.05) is 0 Å². The van der Waals surface area contributed by atoms with Crippen LogP contribution in [-0.2, 0) is 4.79 Å². The van der Waals surface area contributed by atoms with Crippen molar-refractivity contribution < 1.29 is 9.90 Å². The number of hydrogen-bond acceptors (Lipinski definition) is 2. The first kappa shape index (κ1) is 9.52. The van der Waals surface area contributed by atoms with Crippen LogP contribution >= 0.6 is 0 Å². The number of carboxylic acids is 1. The Morgan fingerprint density at radius 2 is 2.25 bits per heavy atom. The molecule has 0 radical (unpaired) electrons. The lowest BCUT2D eigenvalue weighted by atomic mass is 9.80. The van der Waals surface area contributed by atoms with Crippen molar-refractivity contribution in [3.8, 4) is 0 Å². The van der Waals surface area contributed by atoms with E-state index in [9.17, 15) is 4.79 Å². The van der Waals surface area contributed by atoms with E-state index in [1.54, 1.807) is 0 Å². The normalized spacial score (nSPS) is 35.8. The summed E-state index contributed by atoms with van der Waals surface area (Å²) in [6, 6.07) is 0. The highest BCUT2D eigenvalue weighted by molar-refractivity contribution is 5.79. The maximum absolute atomic E-state index is 10.9. The topological polar surface area (TPSA) is 63.3 Å².